The summed E-state index contributed by atoms with van der Waals surface area (Å²) in [5.41, 5.74) is 26.5. The normalized spacial score (nSPS) is 17.2. The average molecular weight is 959 g/mol. The van der Waals surface area contributed by atoms with Crippen LogP contribution in [0, 0.1) is 27.7 Å². The lowest BCUT2D eigenvalue weighted by molar-refractivity contribution is -0.191. The van der Waals surface area contributed by atoms with Gasteiger partial charge in [0.1, 0.15) is 6.61 Å². The van der Waals surface area contributed by atoms with Gasteiger partial charge in [0.05, 0.1) is 35.5 Å². The number of carbonyl (C=O) groups is 5. The first-order chi connectivity index (χ1) is 33.5. The molecular weight excluding hydrogens is 897 g/mol. The molecule has 0 bridgehead atoms. The number of ether oxygens (including phenoxy) is 4. The Labute approximate surface area is 408 Å². The number of nitrogens with zero attached hydrogens (tertiary/aromatic N) is 2. The van der Waals surface area contributed by atoms with Crippen molar-refractivity contribution >= 4 is 36.0 Å². The molecule has 4 aliphatic rings. The Morgan fingerprint density at radius 2 is 1.00 bits per heavy atom. The van der Waals surface area contributed by atoms with Gasteiger partial charge in [-0.2, -0.15) is 9.59 Å². The summed E-state index contributed by atoms with van der Waals surface area (Å²) in [6.45, 7) is 15.6. The van der Waals surface area contributed by atoms with Gasteiger partial charge in [-0.05, 0) is 123 Å². The van der Waals surface area contributed by atoms with Crippen LogP contribution in [0.1, 0.15) is 104 Å². The molecule has 0 radical (unpaired) electrons. The standard InChI is InChI=1S/2C18H24N2O2.C17H14O6.CO2/c2*1-4-22-18(21)15-10-20-6-5-13-7-11(2)12(3)8-14(13)17(20)9-16(15)19;18-15(19)14(23-17(21)13-9-5-2-6-10-13)11-22-16(20)12-7-3-1-4-8-12;2-1-3/h2*7-8,17H,4-6,9-10,19H2,1-3H3;1-10,14H,11H2,(H,18,19);/t2*17-;14-;/m000./s1. The highest BCUT2D eigenvalue weighted by Gasteiger charge is 2.37. The van der Waals surface area contributed by atoms with E-state index in [4.69, 9.17) is 45.1 Å². The van der Waals surface area contributed by atoms with Crippen LogP contribution < -0.4 is 11.5 Å². The summed E-state index contributed by atoms with van der Waals surface area (Å²) in [7, 11) is 0. The topological polar surface area (TPSA) is 235 Å². The fourth-order valence-electron chi connectivity index (χ4n) is 8.78. The van der Waals surface area contributed by atoms with Gasteiger partial charge in [0, 0.05) is 62.5 Å². The summed E-state index contributed by atoms with van der Waals surface area (Å²) < 4.78 is 20.0. The Kier molecular flexibility index (Phi) is 19.3. The average Bonchev–Trinajstić information content (AvgIpc) is 3.34. The number of hydrogen-bond acceptors (Lipinski definition) is 15. The van der Waals surface area contributed by atoms with E-state index >= 15 is 0 Å². The van der Waals surface area contributed by atoms with Crippen molar-refractivity contribution in [2.75, 3.05) is 46.0 Å². The number of rotatable bonds is 10. The van der Waals surface area contributed by atoms with Gasteiger partial charge in [-0.15, -0.1) is 0 Å². The molecule has 5 N–H and O–H groups in total. The lowest BCUT2D eigenvalue weighted by Crippen LogP contribution is -2.42. The quantitative estimate of drug-likeness (QED) is 0.116. The highest BCUT2D eigenvalue weighted by molar-refractivity contribution is 5.92. The monoisotopic (exact) mass is 958 g/mol. The zero-order chi connectivity index (χ0) is 51.1. The molecule has 0 aliphatic carbocycles. The van der Waals surface area contributed by atoms with Crippen molar-refractivity contribution in [3.63, 3.8) is 0 Å². The maximum atomic E-state index is 12.0. The second-order valence-corrected chi connectivity index (χ2v) is 17.2. The first-order valence-corrected chi connectivity index (χ1v) is 23.2. The molecule has 0 unspecified atom stereocenters. The van der Waals surface area contributed by atoms with Crippen molar-refractivity contribution in [3.05, 3.63) is 163 Å². The maximum Gasteiger partial charge on any atom is 0.373 e. The third-order valence-electron chi connectivity index (χ3n) is 12.7. The Balaban J connectivity index is 0.000000190. The number of carboxylic acid groups (broad SMARTS) is 1. The van der Waals surface area contributed by atoms with E-state index in [9.17, 15) is 24.0 Å². The van der Waals surface area contributed by atoms with Crippen molar-refractivity contribution < 1.29 is 57.6 Å². The van der Waals surface area contributed by atoms with Gasteiger partial charge in [0.25, 0.3) is 0 Å². The number of hydrogen-bond donors (Lipinski definition) is 3. The molecule has 70 heavy (non-hydrogen) atoms. The molecule has 16 nitrogen and oxygen atoms in total. The number of aliphatic carboxylic acids is 1. The Morgan fingerprint density at radius 1 is 0.614 bits per heavy atom. The van der Waals surface area contributed by atoms with E-state index in [1.807, 2.05) is 13.8 Å². The minimum atomic E-state index is -1.57. The van der Waals surface area contributed by atoms with Crippen molar-refractivity contribution in [1.82, 2.24) is 9.80 Å². The van der Waals surface area contributed by atoms with Gasteiger partial charge in [-0.1, -0.05) is 60.7 Å². The summed E-state index contributed by atoms with van der Waals surface area (Å²) in [6.07, 6.45) is 2.16. The molecule has 370 valence electrons. The van der Waals surface area contributed by atoms with Crippen LogP contribution in [0.5, 0.6) is 0 Å². The second-order valence-electron chi connectivity index (χ2n) is 17.2. The zero-order valence-electron chi connectivity index (χ0n) is 40.6. The number of carbonyl (C=O) groups excluding carboxylic acids is 6. The molecule has 0 saturated carbocycles. The minimum absolute atomic E-state index is 0.216. The Morgan fingerprint density at radius 3 is 1.39 bits per heavy atom. The van der Waals surface area contributed by atoms with E-state index < -0.39 is 30.6 Å². The SMILES string of the molecule is CCOC(=O)C1=C(N)C[C@H]2c3cc(C)c(C)cc3CCN2C1.CCOC(=O)C1=C(N)C[C@H]2c3cc(C)c(C)cc3CCN2C1.O=C(OC[C@H](OC(=O)c1ccccc1)C(=O)O)c1ccccc1.O=C=O. The van der Waals surface area contributed by atoms with Gasteiger partial charge >= 0.3 is 36.0 Å². The highest BCUT2D eigenvalue weighted by Crippen LogP contribution is 2.40. The molecule has 0 fully saturated rings. The van der Waals surface area contributed by atoms with E-state index in [1.54, 1.807) is 36.4 Å². The van der Waals surface area contributed by atoms with Gasteiger partial charge < -0.3 is 35.5 Å². The summed E-state index contributed by atoms with van der Waals surface area (Å²) in [5, 5.41) is 9.08. The van der Waals surface area contributed by atoms with Crippen molar-refractivity contribution in [1.29, 1.82) is 0 Å². The Bertz CT molecular complexity index is 2530. The van der Waals surface area contributed by atoms with E-state index in [0.29, 0.717) is 73.8 Å². The van der Waals surface area contributed by atoms with Crippen LogP contribution in [0.15, 0.2) is 107 Å². The molecule has 3 atom stereocenters. The van der Waals surface area contributed by atoms with Gasteiger partial charge in [0.2, 0.25) is 6.10 Å². The first-order valence-electron chi connectivity index (χ1n) is 23.2. The van der Waals surface area contributed by atoms with Crippen LogP contribution in [0.4, 0.5) is 0 Å². The molecule has 4 aliphatic heterocycles. The molecule has 4 aromatic rings. The molecule has 0 spiro atoms. The number of esters is 4. The molecular formula is C54H62N4O12. The predicted octanol–water partition coefficient (Wildman–Crippen LogP) is 6.33. The van der Waals surface area contributed by atoms with E-state index in [1.165, 1.54) is 68.8 Å². The highest BCUT2D eigenvalue weighted by atomic mass is 16.6. The van der Waals surface area contributed by atoms with Crippen molar-refractivity contribution in [2.45, 2.75) is 85.4 Å². The van der Waals surface area contributed by atoms with E-state index in [0.717, 1.165) is 25.9 Å². The minimum Gasteiger partial charge on any atom is -0.478 e. The molecule has 4 aromatic carbocycles. The molecule has 0 amide bonds. The summed E-state index contributed by atoms with van der Waals surface area (Å²) in [4.78, 5) is 79.8. The fraction of sp³-hybridized carbons (Fsp3) is 0.370. The van der Waals surface area contributed by atoms with Crippen LogP contribution in [0.3, 0.4) is 0 Å². The summed E-state index contributed by atoms with van der Waals surface area (Å²) >= 11 is 0. The van der Waals surface area contributed by atoms with Crippen LogP contribution in [0.2, 0.25) is 0 Å². The number of fused-ring (bicyclic) bond motifs is 6. The number of aryl methyl sites for hydroxylation is 4. The molecule has 8 rings (SSSR count). The first kappa shape index (κ1) is 53.6. The van der Waals surface area contributed by atoms with Gasteiger partial charge in [0.15, 0.2) is 0 Å². The van der Waals surface area contributed by atoms with Crippen LogP contribution in [-0.2, 0) is 55.8 Å². The van der Waals surface area contributed by atoms with Crippen LogP contribution in [0.25, 0.3) is 0 Å². The van der Waals surface area contributed by atoms with Gasteiger partial charge in [-0.3, -0.25) is 9.80 Å². The zero-order valence-corrected chi connectivity index (χ0v) is 40.6. The van der Waals surface area contributed by atoms with Crippen LogP contribution >= 0.6 is 0 Å². The number of nitrogens with two attached hydrogens (primary N) is 2. The smallest absolute Gasteiger partial charge is 0.373 e. The number of carboxylic acids is 1. The third-order valence-corrected chi connectivity index (χ3v) is 12.7. The predicted molar refractivity (Wildman–Crippen MR) is 258 cm³/mol. The van der Waals surface area contributed by atoms with E-state index in [-0.39, 0.29) is 29.2 Å². The second kappa shape index (κ2) is 25.3. The molecule has 0 saturated heterocycles. The van der Waals surface area contributed by atoms with Gasteiger partial charge in [-0.25, -0.2) is 24.0 Å². The summed E-state index contributed by atoms with van der Waals surface area (Å²) in [6, 6.07) is 25.9. The lowest BCUT2D eigenvalue weighted by atomic mass is 9.84. The number of benzene rings is 4. The lowest BCUT2D eigenvalue weighted by Gasteiger charge is -2.41. The Hall–Kier alpha value is -7.39. The molecule has 16 heteroatoms. The summed E-state index contributed by atoms with van der Waals surface area (Å²) in [5.74, 6) is -3.40. The maximum absolute atomic E-state index is 12.0. The third kappa shape index (κ3) is 13.7. The fourth-order valence-corrected chi connectivity index (χ4v) is 8.78. The molecule has 0 aromatic heterocycles. The van der Waals surface area contributed by atoms with Crippen LogP contribution in [-0.4, -0.2) is 103 Å². The van der Waals surface area contributed by atoms with Crippen molar-refractivity contribution in [3.8, 4) is 0 Å². The molecule has 4 heterocycles. The van der Waals surface area contributed by atoms with E-state index in [2.05, 4.69) is 61.8 Å². The van der Waals surface area contributed by atoms with Crippen molar-refractivity contribution in [2.24, 2.45) is 11.5 Å². The largest absolute Gasteiger partial charge is 0.478 e.